The molecule has 2 unspecified atom stereocenters. The molecule has 0 aromatic carbocycles. The number of carboxylic acids is 1. The van der Waals surface area contributed by atoms with Gasteiger partial charge < -0.3 is 14.8 Å². The molecule has 3 aliphatic rings. The van der Waals surface area contributed by atoms with E-state index in [4.69, 9.17) is 0 Å². The Morgan fingerprint density at radius 3 is 2.50 bits per heavy atom. The van der Waals surface area contributed by atoms with Crippen LogP contribution in [0.4, 0.5) is 5.82 Å². The molecule has 2 atom stereocenters. The SMILES string of the molecule is O=C([O-])c1cnn(C2(c3ccc(N4CC5CC5C4)nc3)CC2)c1.[Li+]. The largest absolute Gasteiger partial charge is 1.00 e. The molecule has 1 aliphatic heterocycles. The number of hydrogen-bond acceptors (Lipinski definition) is 5. The third kappa shape index (κ3) is 2.37. The maximum Gasteiger partial charge on any atom is 1.00 e. The van der Waals surface area contributed by atoms with Gasteiger partial charge in [-0.1, -0.05) is 6.07 Å². The maximum atomic E-state index is 10.9. The number of piperidine rings is 1. The van der Waals surface area contributed by atoms with E-state index in [0.717, 1.165) is 49.1 Å². The van der Waals surface area contributed by atoms with Crippen molar-refractivity contribution < 1.29 is 28.8 Å². The zero-order valence-electron chi connectivity index (χ0n) is 13.7. The number of rotatable bonds is 4. The van der Waals surface area contributed by atoms with E-state index in [0.29, 0.717) is 0 Å². The second-order valence-corrected chi connectivity index (χ2v) is 7.06. The second-order valence-electron chi connectivity index (χ2n) is 7.06. The third-order valence-corrected chi connectivity index (χ3v) is 5.57. The van der Waals surface area contributed by atoms with E-state index < -0.39 is 5.97 Å². The van der Waals surface area contributed by atoms with Crippen LogP contribution in [0.2, 0.25) is 0 Å². The number of pyridine rings is 1. The number of nitrogens with zero attached hydrogens (tertiary/aromatic N) is 4. The molecule has 118 valence electrons. The van der Waals surface area contributed by atoms with Crippen LogP contribution >= 0.6 is 0 Å². The predicted molar refractivity (Wildman–Crippen MR) is 80.9 cm³/mol. The standard InChI is InChI=1S/C17H18N4O2.Li/c22-16(23)13-6-19-21(10-13)17(3-4-17)14-1-2-15(18-7-14)20-8-11-5-12(11)9-20;/h1-2,6-7,10-12H,3-5,8-9H2,(H,22,23);/q;+1/p-1. The second kappa shape index (κ2) is 5.37. The van der Waals surface area contributed by atoms with Crippen LogP contribution in [-0.4, -0.2) is 33.8 Å². The fourth-order valence-corrected chi connectivity index (χ4v) is 3.86. The number of carbonyl (C=O) groups excluding carboxylic acids is 1. The number of fused-ring (bicyclic) bond motifs is 1. The summed E-state index contributed by atoms with van der Waals surface area (Å²) in [7, 11) is 0. The van der Waals surface area contributed by atoms with Crippen LogP contribution in [0.5, 0.6) is 0 Å². The molecule has 3 heterocycles. The normalized spacial score (nSPS) is 25.8. The van der Waals surface area contributed by atoms with Gasteiger partial charge in [0.15, 0.2) is 0 Å². The van der Waals surface area contributed by atoms with Gasteiger partial charge in [-0.25, -0.2) is 4.98 Å². The third-order valence-electron chi connectivity index (χ3n) is 5.57. The molecule has 1 saturated heterocycles. The van der Waals surface area contributed by atoms with Crippen LogP contribution in [0, 0.1) is 11.8 Å². The zero-order chi connectivity index (χ0) is 15.6. The Morgan fingerprint density at radius 1 is 1.21 bits per heavy atom. The number of anilines is 1. The van der Waals surface area contributed by atoms with Crippen molar-refractivity contribution in [2.24, 2.45) is 11.8 Å². The fourth-order valence-electron chi connectivity index (χ4n) is 3.86. The molecule has 0 N–H and O–H groups in total. The van der Waals surface area contributed by atoms with E-state index in [2.05, 4.69) is 27.1 Å². The molecule has 2 aromatic rings. The van der Waals surface area contributed by atoms with Crippen molar-refractivity contribution in [3.05, 3.63) is 41.9 Å². The maximum absolute atomic E-state index is 10.9. The Morgan fingerprint density at radius 2 is 1.96 bits per heavy atom. The van der Waals surface area contributed by atoms with Gasteiger partial charge in [-0.2, -0.15) is 5.10 Å². The van der Waals surface area contributed by atoms with Crippen molar-refractivity contribution in [1.29, 1.82) is 0 Å². The van der Waals surface area contributed by atoms with Crippen LogP contribution in [0.25, 0.3) is 0 Å². The van der Waals surface area contributed by atoms with Crippen LogP contribution in [0.1, 0.15) is 35.2 Å². The Kier molecular flexibility index (Phi) is 3.52. The molecule has 2 saturated carbocycles. The molecule has 3 fully saturated rings. The van der Waals surface area contributed by atoms with Gasteiger partial charge in [0.25, 0.3) is 0 Å². The van der Waals surface area contributed by atoms with Gasteiger partial charge in [0.05, 0.1) is 17.7 Å². The molecule has 24 heavy (non-hydrogen) atoms. The molecular formula is C17H17LiN4O2. The van der Waals surface area contributed by atoms with E-state index in [1.54, 1.807) is 10.9 Å². The minimum atomic E-state index is -1.19. The number of aromatic nitrogens is 3. The van der Waals surface area contributed by atoms with Gasteiger partial charge in [-0.05, 0) is 42.7 Å². The van der Waals surface area contributed by atoms with Crippen molar-refractivity contribution in [1.82, 2.24) is 14.8 Å². The van der Waals surface area contributed by atoms with Gasteiger partial charge in [0, 0.05) is 31.0 Å². The summed E-state index contributed by atoms with van der Waals surface area (Å²) in [5.41, 5.74) is 0.989. The van der Waals surface area contributed by atoms with Crippen molar-refractivity contribution in [3.63, 3.8) is 0 Å². The van der Waals surface area contributed by atoms with E-state index in [9.17, 15) is 9.90 Å². The van der Waals surface area contributed by atoms with Crippen molar-refractivity contribution in [2.45, 2.75) is 24.8 Å². The predicted octanol–water partition coefficient (Wildman–Crippen LogP) is -2.36. The first kappa shape index (κ1) is 15.7. The van der Waals surface area contributed by atoms with E-state index >= 15 is 0 Å². The molecule has 0 spiro atoms. The van der Waals surface area contributed by atoms with Crippen molar-refractivity contribution >= 4 is 11.8 Å². The molecule has 7 heteroatoms. The molecule has 6 nitrogen and oxygen atoms in total. The molecule has 5 rings (SSSR count). The Balaban J connectivity index is 0.00000146. The summed E-state index contributed by atoms with van der Waals surface area (Å²) in [6.45, 7) is 2.27. The fraction of sp³-hybridized carbons (Fsp3) is 0.471. The van der Waals surface area contributed by atoms with Gasteiger partial charge in [-0.15, -0.1) is 0 Å². The average Bonchev–Trinajstić information content (AvgIpc) is 3.42. The topological polar surface area (TPSA) is 74.1 Å². The summed E-state index contributed by atoms with van der Waals surface area (Å²) >= 11 is 0. The monoisotopic (exact) mass is 316 g/mol. The first-order valence-corrected chi connectivity index (χ1v) is 8.14. The summed E-state index contributed by atoms with van der Waals surface area (Å²) in [5.74, 6) is 1.64. The minimum absolute atomic E-state index is 0. The summed E-state index contributed by atoms with van der Waals surface area (Å²) < 4.78 is 1.75. The van der Waals surface area contributed by atoms with Gasteiger partial charge in [0.1, 0.15) is 5.82 Å². The molecule has 0 radical (unpaired) electrons. The molecule has 2 aliphatic carbocycles. The number of hydrogen-bond donors (Lipinski definition) is 0. The number of aromatic carboxylic acids is 1. The van der Waals surface area contributed by atoms with Crippen molar-refractivity contribution in [3.8, 4) is 0 Å². The first-order chi connectivity index (χ1) is 11.2. The quantitative estimate of drug-likeness (QED) is 0.590. The summed E-state index contributed by atoms with van der Waals surface area (Å²) in [6.07, 6.45) is 8.13. The van der Waals surface area contributed by atoms with Crippen LogP contribution in [0.15, 0.2) is 30.7 Å². The summed E-state index contributed by atoms with van der Waals surface area (Å²) in [6, 6.07) is 4.20. The van der Waals surface area contributed by atoms with Gasteiger partial charge in [-0.3, -0.25) is 4.68 Å². The zero-order valence-corrected chi connectivity index (χ0v) is 13.7. The molecule has 0 amide bonds. The molecular weight excluding hydrogens is 299 g/mol. The molecule has 0 bridgehead atoms. The smallest absolute Gasteiger partial charge is 0.545 e. The first-order valence-electron chi connectivity index (χ1n) is 8.14. The Bertz CT molecular complexity index is 774. The molecule has 2 aromatic heterocycles. The van der Waals surface area contributed by atoms with Crippen LogP contribution in [0.3, 0.4) is 0 Å². The summed E-state index contributed by atoms with van der Waals surface area (Å²) in [4.78, 5) is 17.9. The number of carbonyl (C=O) groups is 1. The van der Waals surface area contributed by atoms with Crippen LogP contribution < -0.4 is 28.9 Å². The Hall–Kier alpha value is -1.77. The Labute approximate surface area is 152 Å². The van der Waals surface area contributed by atoms with Gasteiger partial charge >= 0.3 is 18.9 Å². The van der Waals surface area contributed by atoms with E-state index in [1.165, 1.54) is 12.6 Å². The van der Waals surface area contributed by atoms with Crippen molar-refractivity contribution in [2.75, 3.05) is 18.0 Å². The average molecular weight is 316 g/mol. The summed E-state index contributed by atoms with van der Waals surface area (Å²) in [5, 5.41) is 15.2. The van der Waals surface area contributed by atoms with E-state index in [-0.39, 0.29) is 30.0 Å². The van der Waals surface area contributed by atoms with Gasteiger partial charge in [0.2, 0.25) is 0 Å². The van der Waals surface area contributed by atoms with E-state index in [1.807, 2.05) is 6.20 Å². The number of carboxylic acid groups (broad SMARTS) is 1. The minimum Gasteiger partial charge on any atom is -0.545 e. The van der Waals surface area contributed by atoms with Crippen LogP contribution in [-0.2, 0) is 5.54 Å².